The van der Waals surface area contributed by atoms with Crippen LogP contribution in [0.1, 0.15) is 55.9 Å². The van der Waals surface area contributed by atoms with Crippen molar-refractivity contribution in [1.29, 1.82) is 5.26 Å². The van der Waals surface area contributed by atoms with Crippen molar-refractivity contribution in [2.45, 2.75) is 56.4 Å². The molecule has 26 heavy (non-hydrogen) atoms. The Morgan fingerprint density at radius 2 is 2.15 bits per heavy atom. The molecule has 2 aliphatic carbocycles. The molecule has 1 N–H and O–H groups in total. The second kappa shape index (κ2) is 6.88. The summed E-state index contributed by atoms with van der Waals surface area (Å²) in [5, 5.41) is 14.1. The summed E-state index contributed by atoms with van der Waals surface area (Å²) in [5.41, 5.74) is 1.34. The summed E-state index contributed by atoms with van der Waals surface area (Å²) in [4.78, 5) is 19.0. The molecule has 0 unspecified atom stereocenters. The number of nitrogens with zero attached hydrogens (tertiary/aromatic N) is 3. The first kappa shape index (κ1) is 17.3. The molecule has 0 atom stereocenters. The fourth-order valence-corrected chi connectivity index (χ4v) is 4.93. The molecular weight excluding hydrogens is 344 g/mol. The Balaban J connectivity index is 1.42. The molecule has 0 saturated heterocycles. The molecule has 0 bridgehead atoms. The minimum atomic E-state index is -0.627. The van der Waals surface area contributed by atoms with Gasteiger partial charge in [0, 0.05) is 18.7 Å². The fourth-order valence-electron chi connectivity index (χ4n) is 3.75. The molecule has 1 aromatic heterocycles. The lowest BCUT2D eigenvalue weighted by atomic mass is 9.81. The van der Waals surface area contributed by atoms with E-state index in [0.717, 1.165) is 43.3 Å². The topological polar surface area (TPSA) is 69.0 Å². The van der Waals surface area contributed by atoms with E-state index in [1.165, 1.54) is 22.5 Å². The number of nitriles is 1. The summed E-state index contributed by atoms with van der Waals surface area (Å²) in [6, 6.07) is 8.49. The molecular formula is C20H24N4OS. The summed E-state index contributed by atoms with van der Waals surface area (Å²) in [5.74, 6) is 0.633. The lowest BCUT2D eigenvalue weighted by Gasteiger charge is -2.39. The highest BCUT2D eigenvalue weighted by atomic mass is 32.1. The zero-order valence-corrected chi connectivity index (χ0v) is 15.9. The molecule has 2 aromatic rings. The van der Waals surface area contributed by atoms with Gasteiger partial charge >= 0.3 is 0 Å². The Bertz CT molecular complexity index is 858. The van der Waals surface area contributed by atoms with Crippen LogP contribution in [-0.4, -0.2) is 34.9 Å². The average molecular weight is 369 g/mol. The number of carbonyl (C=O) groups is 1. The largest absolute Gasteiger partial charge is 0.376 e. The SMILES string of the molecule is CN(C(=O)CNc1ccc2nc(C3CC3)sc2c1)C1(C#N)CCCCC1. The first-order chi connectivity index (χ1) is 12.6. The number of anilines is 1. The van der Waals surface area contributed by atoms with E-state index in [0.29, 0.717) is 5.92 Å². The summed E-state index contributed by atoms with van der Waals surface area (Å²) in [6.45, 7) is 0.208. The van der Waals surface area contributed by atoms with Crippen molar-refractivity contribution < 1.29 is 4.79 Å². The molecule has 1 heterocycles. The second-order valence-electron chi connectivity index (χ2n) is 7.52. The van der Waals surface area contributed by atoms with E-state index in [1.807, 2.05) is 12.1 Å². The Labute approximate surface area is 158 Å². The van der Waals surface area contributed by atoms with E-state index in [2.05, 4.69) is 17.5 Å². The Morgan fingerprint density at radius 1 is 1.38 bits per heavy atom. The van der Waals surface area contributed by atoms with Crippen LogP contribution in [0.4, 0.5) is 5.69 Å². The Morgan fingerprint density at radius 3 is 2.85 bits per heavy atom. The highest BCUT2D eigenvalue weighted by molar-refractivity contribution is 7.18. The van der Waals surface area contributed by atoms with Crippen LogP contribution in [0.15, 0.2) is 18.2 Å². The number of aromatic nitrogens is 1. The van der Waals surface area contributed by atoms with Gasteiger partial charge in [0.15, 0.2) is 0 Å². The highest BCUT2D eigenvalue weighted by Crippen LogP contribution is 2.43. The number of hydrogen-bond donors (Lipinski definition) is 1. The molecule has 4 rings (SSSR count). The lowest BCUT2D eigenvalue weighted by molar-refractivity contribution is -0.132. The van der Waals surface area contributed by atoms with Crippen molar-refractivity contribution in [3.63, 3.8) is 0 Å². The summed E-state index contributed by atoms with van der Waals surface area (Å²) >= 11 is 1.76. The molecule has 0 radical (unpaired) electrons. The van der Waals surface area contributed by atoms with Crippen LogP contribution in [-0.2, 0) is 4.79 Å². The van der Waals surface area contributed by atoms with Crippen LogP contribution in [0.5, 0.6) is 0 Å². The number of fused-ring (bicyclic) bond motifs is 1. The van der Waals surface area contributed by atoms with Crippen LogP contribution in [0, 0.1) is 11.3 Å². The Hall–Kier alpha value is -2.13. The quantitative estimate of drug-likeness (QED) is 0.856. The van der Waals surface area contributed by atoms with Gasteiger partial charge < -0.3 is 10.2 Å². The van der Waals surface area contributed by atoms with Gasteiger partial charge in [0.05, 0.1) is 27.8 Å². The number of amides is 1. The maximum atomic E-state index is 12.6. The van der Waals surface area contributed by atoms with Gasteiger partial charge in [-0.15, -0.1) is 11.3 Å². The number of hydrogen-bond acceptors (Lipinski definition) is 5. The molecule has 5 nitrogen and oxygen atoms in total. The van der Waals surface area contributed by atoms with Gasteiger partial charge in [0.1, 0.15) is 5.54 Å². The monoisotopic (exact) mass is 368 g/mol. The molecule has 2 fully saturated rings. The van der Waals surface area contributed by atoms with E-state index in [-0.39, 0.29) is 12.5 Å². The fraction of sp³-hybridized carbons (Fsp3) is 0.550. The van der Waals surface area contributed by atoms with Gasteiger partial charge in [-0.3, -0.25) is 4.79 Å². The maximum absolute atomic E-state index is 12.6. The molecule has 0 spiro atoms. The standard InChI is InChI=1S/C20H24N4OS/c1-24(20(13-21)9-3-2-4-10-20)18(25)12-22-15-7-8-16-17(11-15)26-19(23-16)14-5-6-14/h7-8,11,14,22H,2-6,9-10,12H2,1H3. The predicted molar refractivity (Wildman–Crippen MR) is 104 cm³/mol. The van der Waals surface area contributed by atoms with Gasteiger partial charge in [-0.1, -0.05) is 19.3 Å². The van der Waals surface area contributed by atoms with E-state index in [1.54, 1.807) is 23.3 Å². The van der Waals surface area contributed by atoms with Gasteiger partial charge in [0.25, 0.3) is 0 Å². The first-order valence-corrected chi connectivity index (χ1v) is 10.3. The zero-order chi connectivity index (χ0) is 18.1. The molecule has 136 valence electrons. The third-order valence-corrected chi connectivity index (χ3v) is 6.86. The number of thiazole rings is 1. The Kier molecular flexibility index (Phi) is 4.58. The molecule has 0 aliphatic heterocycles. The lowest BCUT2D eigenvalue weighted by Crippen LogP contribution is -2.51. The summed E-state index contributed by atoms with van der Waals surface area (Å²) < 4.78 is 1.17. The summed E-state index contributed by atoms with van der Waals surface area (Å²) in [7, 11) is 1.77. The van der Waals surface area contributed by atoms with Gasteiger partial charge in [-0.25, -0.2) is 4.98 Å². The number of nitrogens with one attached hydrogen (secondary N) is 1. The number of rotatable bonds is 5. The number of benzene rings is 1. The number of likely N-dealkylation sites (N-methyl/N-ethyl adjacent to an activating group) is 1. The van der Waals surface area contributed by atoms with Gasteiger partial charge in [-0.2, -0.15) is 5.26 Å². The van der Waals surface area contributed by atoms with Gasteiger partial charge in [-0.05, 0) is 43.9 Å². The molecule has 1 aromatic carbocycles. The average Bonchev–Trinajstić information content (AvgIpc) is 3.45. The van der Waals surface area contributed by atoms with Crippen molar-refractivity contribution in [2.75, 3.05) is 18.9 Å². The van der Waals surface area contributed by atoms with Crippen molar-refractivity contribution in [2.24, 2.45) is 0 Å². The highest BCUT2D eigenvalue weighted by Gasteiger charge is 2.38. The molecule has 6 heteroatoms. The van der Waals surface area contributed by atoms with E-state index in [9.17, 15) is 10.1 Å². The predicted octanol–water partition coefficient (Wildman–Crippen LogP) is 4.27. The van der Waals surface area contributed by atoms with Crippen LogP contribution in [0.25, 0.3) is 10.2 Å². The molecule has 2 aliphatic rings. The second-order valence-corrected chi connectivity index (χ2v) is 8.58. The first-order valence-electron chi connectivity index (χ1n) is 9.44. The van der Waals surface area contributed by atoms with Crippen molar-refractivity contribution in [3.8, 4) is 6.07 Å². The normalized spacial score (nSPS) is 19.1. The van der Waals surface area contributed by atoms with Crippen molar-refractivity contribution >= 4 is 33.1 Å². The maximum Gasteiger partial charge on any atom is 0.242 e. The van der Waals surface area contributed by atoms with Crippen LogP contribution in [0.3, 0.4) is 0 Å². The van der Waals surface area contributed by atoms with E-state index >= 15 is 0 Å². The molecule has 1 amide bonds. The van der Waals surface area contributed by atoms with Gasteiger partial charge in [0.2, 0.25) is 5.91 Å². The van der Waals surface area contributed by atoms with Crippen molar-refractivity contribution in [3.05, 3.63) is 23.2 Å². The summed E-state index contributed by atoms with van der Waals surface area (Å²) in [6.07, 6.45) is 7.26. The molecule has 2 saturated carbocycles. The minimum Gasteiger partial charge on any atom is -0.376 e. The van der Waals surface area contributed by atoms with Crippen LogP contribution in [0.2, 0.25) is 0 Å². The van der Waals surface area contributed by atoms with Crippen molar-refractivity contribution in [1.82, 2.24) is 9.88 Å². The van der Waals surface area contributed by atoms with Crippen LogP contribution < -0.4 is 5.32 Å². The number of carbonyl (C=O) groups excluding carboxylic acids is 1. The van der Waals surface area contributed by atoms with E-state index in [4.69, 9.17) is 4.98 Å². The van der Waals surface area contributed by atoms with Crippen LogP contribution >= 0.6 is 11.3 Å². The third kappa shape index (κ3) is 3.28. The minimum absolute atomic E-state index is 0.0310. The zero-order valence-electron chi connectivity index (χ0n) is 15.1. The third-order valence-electron chi connectivity index (χ3n) is 5.68. The van der Waals surface area contributed by atoms with E-state index < -0.39 is 5.54 Å². The smallest absolute Gasteiger partial charge is 0.242 e.